The summed E-state index contributed by atoms with van der Waals surface area (Å²) >= 11 is 0. The van der Waals surface area contributed by atoms with E-state index < -0.39 is 12.1 Å². The van der Waals surface area contributed by atoms with Crippen molar-refractivity contribution < 1.29 is 28.6 Å². The second kappa shape index (κ2) is 17.1. The van der Waals surface area contributed by atoms with Crippen LogP contribution in [0.3, 0.4) is 0 Å². The van der Waals surface area contributed by atoms with Gasteiger partial charge >= 0.3 is 0 Å². The molecule has 1 aliphatic carbocycles. The summed E-state index contributed by atoms with van der Waals surface area (Å²) in [7, 11) is 1.55. The quantitative estimate of drug-likeness (QED) is 0.184. The lowest BCUT2D eigenvalue weighted by atomic mass is 9.99. The average molecular weight is 465 g/mol. The van der Waals surface area contributed by atoms with Crippen molar-refractivity contribution in [2.75, 3.05) is 33.5 Å². The van der Waals surface area contributed by atoms with Crippen molar-refractivity contribution in [2.24, 2.45) is 5.92 Å². The fourth-order valence-corrected chi connectivity index (χ4v) is 3.21. The van der Waals surface area contributed by atoms with Gasteiger partial charge in [0.2, 0.25) is 11.8 Å². The first-order valence-corrected chi connectivity index (χ1v) is 11.6. The number of hydrogen-bond donors (Lipinski definition) is 2. The van der Waals surface area contributed by atoms with Crippen molar-refractivity contribution in [2.45, 2.75) is 64.5 Å². The minimum atomic E-state index is -0.689. The predicted octanol–water partition coefficient (Wildman–Crippen LogP) is 2.84. The van der Waals surface area contributed by atoms with Crippen LogP contribution in [-0.2, 0) is 28.6 Å². The number of nitrogens with one attached hydrogen (secondary N) is 2. The molecule has 0 fully saturated rings. The Hall–Kier alpha value is -2.45. The van der Waals surface area contributed by atoms with Crippen LogP contribution in [0.4, 0.5) is 0 Å². The Labute approximate surface area is 197 Å². The van der Waals surface area contributed by atoms with Crippen LogP contribution in [0.1, 0.15) is 52.4 Å². The fourth-order valence-electron chi connectivity index (χ4n) is 3.21. The molecule has 0 spiro atoms. The summed E-state index contributed by atoms with van der Waals surface area (Å²) in [5.41, 5.74) is 1.04. The van der Waals surface area contributed by atoms with Gasteiger partial charge in [-0.3, -0.25) is 9.59 Å². The molecule has 2 atom stereocenters. The van der Waals surface area contributed by atoms with Crippen molar-refractivity contribution in [3.8, 4) is 0 Å². The maximum Gasteiger partial charge on any atom is 0.243 e. The number of allylic oxidation sites excluding steroid dienone is 3. The first-order valence-electron chi connectivity index (χ1n) is 11.6. The molecule has 8 heteroatoms. The number of hydrogen-bond acceptors (Lipinski definition) is 6. The van der Waals surface area contributed by atoms with Crippen molar-refractivity contribution in [3.63, 3.8) is 0 Å². The van der Waals surface area contributed by atoms with Gasteiger partial charge in [0.05, 0.1) is 26.4 Å². The van der Waals surface area contributed by atoms with Crippen LogP contribution in [0, 0.1) is 5.92 Å². The van der Waals surface area contributed by atoms with E-state index in [0.29, 0.717) is 51.4 Å². The number of ether oxygens (including phenoxy) is 3. The Bertz CT molecular complexity index is 686. The van der Waals surface area contributed by atoms with Crippen LogP contribution in [0.25, 0.3) is 0 Å². The number of unbranched alkanes of at least 4 members (excludes halogenated alkanes) is 1. The lowest BCUT2D eigenvalue weighted by Crippen LogP contribution is -2.52. The highest BCUT2D eigenvalue weighted by molar-refractivity contribution is 5.89. The van der Waals surface area contributed by atoms with Gasteiger partial charge in [0.15, 0.2) is 0 Å². The van der Waals surface area contributed by atoms with E-state index in [0.717, 1.165) is 31.1 Å². The molecule has 2 unspecified atom stereocenters. The Morgan fingerprint density at radius 1 is 1.12 bits per heavy atom. The zero-order valence-electron chi connectivity index (χ0n) is 20.3. The second-order valence-electron chi connectivity index (χ2n) is 8.37. The Balaban J connectivity index is 2.28. The molecule has 2 amide bonds. The van der Waals surface area contributed by atoms with Gasteiger partial charge in [0, 0.05) is 13.0 Å². The zero-order chi connectivity index (χ0) is 24.5. The number of amides is 2. The van der Waals surface area contributed by atoms with Crippen LogP contribution in [0.15, 0.2) is 36.1 Å². The predicted molar refractivity (Wildman–Crippen MR) is 127 cm³/mol. The van der Waals surface area contributed by atoms with Gasteiger partial charge in [0.1, 0.15) is 24.7 Å². The Morgan fingerprint density at radius 3 is 2.52 bits per heavy atom. The molecule has 1 aliphatic rings. The molecular formula is C25H40N2O6. The molecule has 0 radical (unpaired) electrons. The van der Waals surface area contributed by atoms with Crippen LogP contribution in [-0.4, -0.2) is 63.7 Å². The molecule has 0 aromatic carbocycles. The summed E-state index contributed by atoms with van der Waals surface area (Å²) in [5.74, 6) is -0.0661. The molecular weight excluding hydrogens is 424 g/mol. The highest BCUT2D eigenvalue weighted by atomic mass is 16.5. The molecule has 0 bridgehead atoms. The molecule has 0 aromatic rings. The molecule has 0 aromatic heterocycles. The van der Waals surface area contributed by atoms with Crippen LogP contribution in [0.5, 0.6) is 0 Å². The maximum absolute atomic E-state index is 12.7. The SMILES string of the molecule is C=C(COCCOCCCCC(=O)NC(C(=O)NC(C=O)CC1=CCCC=C1)C(C)C)OC. The minimum Gasteiger partial charge on any atom is -0.499 e. The topological polar surface area (TPSA) is 103 Å². The summed E-state index contributed by atoms with van der Waals surface area (Å²) in [5, 5.41) is 5.58. The van der Waals surface area contributed by atoms with E-state index in [4.69, 9.17) is 14.2 Å². The van der Waals surface area contributed by atoms with Crippen molar-refractivity contribution in [3.05, 3.63) is 36.1 Å². The number of carbonyl (C=O) groups is 3. The summed E-state index contributed by atoms with van der Waals surface area (Å²) in [6.07, 6.45) is 11.0. The molecule has 1 rings (SSSR count). The Kier molecular flexibility index (Phi) is 14.8. The molecule has 0 aliphatic heterocycles. The standard InChI is InChI=1S/C25H40N2O6/c1-19(2)24(25(30)26-22(17-28)16-21-10-6-5-7-11-21)27-23(29)12-8-9-13-32-14-15-33-18-20(3)31-4/h6,10-11,17,19,22,24H,3,5,7-9,12-16,18H2,1-2,4H3,(H,26,30)(H,27,29). The normalized spacial score (nSPS) is 14.8. The van der Waals surface area contributed by atoms with E-state index in [1.807, 2.05) is 19.9 Å². The third-order valence-electron chi connectivity index (χ3n) is 5.15. The van der Waals surface area contributed by atoms with Crippen LogP contribution >= 0.6 is 0 Å². The maximum atomic E-state index is 12.7. The molecule has 0 heterocycles. The first-order chi connectivity index (χ1) is 15.9. The highest BCUT2D eigenvalue weighted by Crippen LogP contribution is 2.15. The van der Waals surface area contributed by atoms with E-state index in [1.165, 1.54) is 0 Å². The fraction of sp³-hybridized carbons (Fsp3) is 0.640. The molecule has 0 saturated carbocycles. The first kappa shape index (κ1) is 28.6. The molecule has 33 heavy (non-hydrogen) atoms. The molecule has 0 saturated heterocycles. The summed E-state index contributed by atoms with van der Waals surface area (Å²) in [4.78, 5) is 36.5. The van der Waals surface area contributed by atoms with E-state index in [9.17, 15) is 14.4 Å². The number of methoxy groups -OCH3 is 1. The third-order valence-corrected chi connectivity index (χ3v) is 5.15. The highest BCUT2D eigenvalue weighted by Gasteiger charge is 2.26. The van der Waals surface area contributed by atoms with Gasteiger partial charge in [-0.1, -0.05) is 38.7 Å². The van der Waals surface area contributed by atoms with E-state index in [1.54, 1.807) is 7.11 Å². The van der Waals surface area contributed by atoms with Gasteiger partial charge in [-0.25, -0.2) is 0 Å². The summed E-state index contributed by atoms with van der Waals surface area (Å²) in [6, 6.07) is -1.30. The van der Waals surface area contributed by atoms with Crippen LogP contribution in [0.2, 0.25) is 0 Å². The monoisotopic (exact) mass is 464 g/mol. The van der Waals surface area contributed by atoms with Gasteiger partial charge in [-0.2, -0.15) is 0 Å². The molecule has 2 N–H and O–H groups in total. The van der Waals surface area contributed by atoms with Gasteiger partial charge in [0.25, 0.3) is 0 Å². The third kappa shape index (κ3) is 13.0. The lowest BCUT2D eigenvalue weighted by Gasteiger charge is -2.24. The minimum absolute atomic E-state index is 0.104. The van der Waals surface area contributed by atoms with E-state index in [-0.39, 0.29) is 17.7 Å². The Morgan fingerprint density at radius 2 is 1.88 bits per heavy atom. The largest absolute Gasteiger partial charge is 0.499 e. The van der Waals surface area contributed by atoms with Gasteiger partial charge in [-0.05, 0) is 43.6 Å². The molecule has 186 valence electrons. The molecule has 8 nitrogen and oxygen atoms in total. The summed E-state index contributed by atoms with van der Waals surface area (Å²) < 4.78 is 15.7. The summed E-state index contributed by atoms with van der Waals surface area (Å²) in [6.45, 7) is 9.17. The van der Waals surface area contributed by atoms with Crippen molar-refractivity contribution in [1.29, 1.82) is 0 Å². The number of carbonyl (C=O) groups excluding carboxylic acids is 3. The number of aldehydes is 1. The number of rotatable bonds is 18. The van der Waals surface area contributed by atoms with E-state index >= 15 is 0 Å². The van der Waals surface area contributed by atoms with Crippen LogP contribution < -0.4 is 10.6 Å². The van der Waals surface area contributed by atoms with Gasteiger partial charge in [-0.15, -0.1) is 0 Å². The van der Waals surface area contributed by atoms with Crippen molar-refractivity contribution >= 4 is 18.1 Å². The average Bonchev–Trinajstić information content (AvgIpc) is 2.81. The van der Waals surface area contributed by atoms with E-state index in [2.05, 4.69) is 29.4 Å². The zero-order valence-corrected chi connectivity index (χ0v) is 20.3. The lowest BCUT2D eigenvalue weighted by molar-refractivity contribution is -0.131. The van der Waals surface area contributed by atoms with Gasteiger partial charge < -0.3 is 29.6 Å². The second-order valence-corrected chi connectivity index (χ2v) is 8.37. The van der Waals surface area contributed by atoms with Crippen molar-refractivity contribution in [1.82, 2.24) is 10.6 Å². The smallest absolute Gasteiger partial charge is 0.243 e.